The Morgan fingerprint density at radius 3 is 2.74 bits per heavy atom. The van der Waals surface area contributed by atoms with Gasteiger partial charge in [0, 0.05) is 31.2 Å². The van der Waals surface area contributed by atoms with Gasteiger partial charge < -0.3 is 34.9 Å². The highest BCUT2D eigenvalue weighted by Crippen LogP contribution is 2.35. The zero-order valence-corrected chi connectivity index (χ0v) is 21.3. The third-order valence-corrected chi connectivity index (χ3v) is 7.48. The number of nitrogens with one attached hydrogen (secondary N) is 2. The highest BCUT2D eigenvalue weighted by Gasteiger charge is 2.39. The number of nitrogens with zero attached hydrogens (tertiary/aromatic N) is 2. The van der Waals surface area contributed by atoms with Gasteiger partial charge in [-0.05, 0) is 48.5 Å². The van der Waals surface area contributed by atoms with E-state index in [0.29, 0.717) is 31.5 Å². The van der Waals surface area contributed by atoms with Gasteiger partial charge in [-0.15, -0.1) is 0 Å². The summed E-state index contributed by atoms with van der Waals surface area (Å²) in [6, 6.07) is 17.1. The number of ether oxygens (including phenoxy) is 2. The lowest BCUT2D eigenvalue weighted by atomic mass is 9.79. The first-order valence-electron chi connectivity index (χ1n) is 13.0. The molecule has 9 nitrogen and oxygen atoms in total. The molecule has 1 aromatic heterocycles. The lowest BCUT2D eigenvalue weighted by Gasteiger charge is -2.28. The van der Waals surface area contributed by atoms with Crippen LogP contribution in [0.2, 0.25) is 0 Å². The minimum absolute atomic E-state index is 0.0891. The summed E-state index contributed by atoms with van der Waals surface area (Å²) >= 11 is 0. The molecule has 6 rings (SSSR count). The number of anilines is 3. The molecular weight excluding hydrogens is 483 g/mol. The maximum absolute atomic E-state index is 10.2. The highest BCUT2D eigenvalue weighted by atomic mass is 16.5. The third-order valence-electron chi connectivity index (χ3n) is 7.48. The molecule has 2 aromatic carbocycles. The van der Waals surface area contributed by atoms with Gasteiger partial charge >= 0.3 is 7.12 Å². The molecule has 4 heterocycles. The highest BCUT2D eigenvalue weighted by molar-refractivity contribution is 6.61. The molecule has 10 heteroatoms. The second-order valence-electron chi connectivity index (χ2n) is 10.0. The fourth-order valence-electron chi connectivity index (χ4n) is 5.27. The SMILES string of the molecule is CC1OB(O)c2ccc(Nc3cc(N[C@H](CO)c4ccccc4)c(C4=NC5(CCOCC5)CO4)cn3)cc21. The van der Waals surface area contributed by atoms with Crippen molar-refractivity contribution in [1.29, 1.82) is 0 Å². The predicted molar refractivity (Wildman–Crippen MR) is 146 cm³/mol. The number of aliphatic hydroxyl groups is 1. The van der Waals surface area contributed by atoms with Crippen molar-refractivity contribution in [1.82, 2.24) is 4.98 Å². The summed E-state index contributed by atoms with van der Waals surface area (Å²) in [6.07, 6.45) is 3.21. The average Bonchev–Trinajstić information content (AvgIpc) is 3.47. The number of hydrogen-bond acceptors (Lipinski definition) is 9. The molecule has 0 aliphatic carbocycles. The fourth-order valence-corrected chi connectivity index (χ4v) is 5.27. The van der Waals surface area contributed by atoms with Crippen molar-refractivity contribution in [2.45, 2.75) is 37.5 Å². The maximum Gasteiger partial charge on any atom is 0.491 e. The van der Waals surface area contributed by atoms with Crippen molar-refractivity contribution in [2.24, 2.45) is 4.99 Å². The number of hydrogen-bond donors (Lipinski definition) is 4. The van der Waals surface area contributed by atoms with Crippen LogP contribution in [0.15, 0.2) is 65.8 Å². The molecule has 0 amide bonds. The maximum atomic E-state index is 10.2. The van der Waals surface area contributed by atoms with E-state index in [4.69, 9.17) is 19.1 Å². The molecule has 4 N–H and O–H groups in total. The largest absolute Gasteiger partial charge is 0.491 e. The molecular formula is C28H31BN4O5. The summed E-state index contributed by atoms with van der Waals surface area (Å²) in [5.41, 5.74) is 4.75. The van der Waals surface area contributed by atoms with E-state index in [-0.39, 0.29) is 24.3 Å². The van der Waals surface area contributed by atoms with Crippen LogP contribution in [0, 0.1) is 0 Å². The van der Waals surface area contributed by atoms with Gasteiger partial charge in [0.05, 0.1) is 30.0 Å². The monoisotopic (exact) mass is 514 g/mol. The van der Waals surface area contributed by atoms with E-state index in [0.717, 1.165) is 46.4 Å². The van der Waals surface area contributed by atoms with Crippen LogP contribution in [0.25, 0.3) is 0 Å². The van der Waals surface area contributed by atoms with Crippen LogP contribution in [0.1, 0.15) is 48.6 Å². The van der Waals surface area contributed by atoms with Crippen molar-refractivity contribution in [3.63, 3.8) is 0 Å². The van der Waals surface area contributed by atoms with E-state index in [9.17, 15) is 10.1 Å². The summed E-state index contributed by atoms with van der Waals surface area (Å²) in [7, 11) is -0.901. The molecule has 196 valence electrons. The van der Waals surface area contributed by atoms with E-state index in [1.165, 1.54) is 0 Å². The lowest BCUT2D eigenvalue weighted by Crippen LogP contribution is -2.35. The summed E-state index contributed by atoms with van der Waals surface area (Å²) in [6.45, 7) is 3.70. The Bertz CT molecular complexity index is 1330. The molecule has 1 unspecified atom stereocenters. The van der Waals surface area contributed by atoms with Crippen LogP contribution >= 0.6 is 0 Å². The molecule has 3 aromatic rings. The molecule has 3 aliphatic heterocycles. The second-order valence-corrected chi connectivity index (χ2v) is 10.0. The van der Waals surface area contributed by atoms with Crippen LogP contribution in [0.4, 0.5) is 17.2 Å². The van der Waals surface area contributed by atoms with Crippen molar-refractivity contribution in [3.05, 3.63) is 77.5 Å². The van der Waals surface area contributed by atoms with Gasteiger partial charge in [0.25, 0.3) is 0 Å². The smallest absolute Gasteiger partial charge is 0.475 e. The number of rotatable bonds is 7. The number of pyridine rings is 1. The van der Waals surface area contributed by atoms with E-state index in [1.54, 1.807) is 6.20 Å². The van der Waals surface area contributed by atoms with E-state index < -0.39 is 7.12 Å². The van der Waals surface area contributed by atoms with Crippen LogP contribution in [0.3, 0.4) is 0 Å². The van der Waals surface area contributed by atoms with Crippen molar-refractivity contribution in [2.75, 3.05) is 37.1 Å². The first-order valence-corrected chi connectivity index (χ1v) is 13.0. The molecule has 1 saturated heterocycles. The Kier molecular flexibility index (Phi) is 6.79. The van der Waals surface area contributed by atoms with Gasteiger partial charge in [-0.2, -0.15) is 0 Å². The zero-order valence-electron chi connectivity index (χ0n) is 21.3. The van der Waals surface area contributed by atoms with Gasteiger partial charge in [0.1, 0.15) is 18.0 Å². The minimum Gasteiger partial charge on any atom is -0.475 e. The predicted octanol–water partition coefficient (Wildman–Crippen LogP) is 3.08. The summed E-state index contributed by atoms with van der Waals surface area (Å²) in [5.74, 6) is 1.17. The van der Waals surface area contributed by atoms with Gasteiger partial charge in [-0.1, -0.05) is 36.4 Å². The Morgan fingerprint density at radius 2 is 1.95 bits per heavy atom. The topological polar surface area (TPSA) is 117 Å². The average molecular weight is 514 g/mol. The Labute approximate surface area is 222 Å². The Morgan fingerprint density at radius 1 is 1.13 bits per heavy atom. The number of benzene rings is 2. The van der Waals surface area contributed by atoms with Crippen molar-refractivity contribution >= 4 is 35.7 Å². The molecule has 1 spiro atoms. The normalized spacial score (nSPS) is 20.6. The quantitative estimate of drug-likeness (QED) is 0.356. The van der Waals surface area contributed by atoms with Crippen molar-refractivity contribution in [3.8, 4) is 0 Å². The Balaban J connectivity index is 1.33. The van der Waals surface area contributed by atoms with Crippen molar-refractivity contribution < 1.29 is 24.3 Å². The van der Waals surface area contributed by atoms with Gasteiger partial charge in [0.15, 0.2) is 0 Å². The lowest BCUT2D eigenvalue weighted by molar-refractivity contribution is 0.0442. The number of aliphatic imine (C=N–C) groups is 1. The van der Waals surface area contributed by atoms with E-state index in [2.05, 4.69) is 15.6 Å². The molecule has 0 radical (unpaired) electrons. The van der Waals surface area contributed by atoms with E-state index >= 15 is 0 Å². The van der Waals surface area contributed by atoms with Gasteiger partial charge in [-0.25, -0.2) is 9.98 Å². The van der Waals surface area contributed by atoms with Crippen LogP contribution < -0.4 is 16.1 Å². The number of fused-ring (bicyclic) bond motifs is 1. The molecule has 38 heavy (non-hydrogen) atoms. The molecule has 3 aliphatic rings. The molecule has 2 atom stereocenters. The van der Waals surface area contributed by atoms with Crippen LogP contribution in [0.5, 0.6) is 0 Å². The van der Waals surface area contributed by atoms with Crippen LogP contribution in [-0.2, 0) is 14.1 Å². The molecule has 0 bridgehead atoms. The fraction of sp³-hybridized carbons (Fsp3) is 0.357. The number of aliphatic hydroxyl groups excluding tert-OH is 1. The Hall–Kier alpha value is -3.44. The van der Waals surface area contributed by atoms with Gasteiger partial charge in [-0.3, -0.25) is 0 Å². The zero-order chi connectivity index (χ0) is 26.1. The third kappa shape index (κ3) is 4.88. The standard InChI is InChI=1S/C28H31BN4O5/c1-18-21-13-20(7-8-23(21)29(35)38-18)31-26-14-24(32-25(16-34)19-5-3-2-4-6-19)22(15-30-26)27-33-28(17-37-27)9-11-36-12-10-28/h2-8,13-15,18,25,34-35H,9-12,16-17H2,1H3,(H2,30,31,32)/t18?,25-/m1/s1. The first-order chi connectivity index (χ1) is 18.5. The number of aromatic nitrogens is 1. The summed E-state index contributed by atoms with van der Waals surface area (Å²) in [5, 5.41) is 27.2. The molecule has 1 fully saturated rings. The molecule has 0 saturated carbocycles. The van der Waals surface area contributed by atoms with Crippen LogP contribution in [-0.4, -0.2) is 60.1 Å². The minimum atomic E-state index is -0.901. The second kappa shape index (κ2) is 10.4. The first kappa shape index (κ1) is 24.9. The summed E-state index contributed by atoms with van der Waals surface area (Å²) < 4.78 is 17.2. The van der Waals surface area contributed by atoms with E-state index in [1.807, 2.05) is 61.5 Å². The summed E-state index contributed by atoms with van der Waals surface area (Å²) in [4.78, 5) is 9.66. The van der Waals surface area contributed by atoms with Gasteiger partial charge in [0.2, 0.25) is 5.90 Å².